The number of aryl methyl sites for hydroxylation is 2. The van der Waals surface area contributed by atoms with E-state index in [-0.39, 0.29) is 5.56 Å². The quantitative estimate of drug-likeness (QED) is 0.481. The summed E-state index contributed by atoms with van der Waals surface area (Å²) >= 11 is 5.49. The molecule has 0 unspecified atom stereocenters. The third-order valence-electron chi connectivity index (χ3n) is 3.82. The molecule has 3 aromatic rings. The molecule has 0 aliphatic rings. The van der Waals surface area contributed by atoms with Crippen LogP contribution in [0.5, 0.6) is 0 Å². The van der Waals surface area contributed by atoms with Crippen molar-refractivity contribution in [3.63, 3.8) is 0 Å². The van der Waals surface area contributed by atoms with Crippen molar-refractivity contribution < 1.29 is 8.42 Å². The summed E-state index contributed by atoms with van der Waals surface area (Å²) in [7, 11) is 1.85. The van der Waals surface area contributed by atoms with Gasteiger partial charge in [0.1, 0.15) is 5.02 Å². The van der Waals surface area contributed by atoms with Gasteiger partial charge in [0, 0.05) is 19.3 Å². The Labute approximate surface area is 175 Å². The SMILES string of the molecule is CNc1cc(C)ccc1Nc1nc(Nc2c[nH]c(=O)cc2C)ncc1Cl.O=S=O. The summed E-state index contributed by atoms with van der Waals surface area (Å²) in [6.45, 7) is 3.86. The number of nitrogens with one attached hydrogen (secondary N) is 4. The lowest BCUT2D eigenvalue weighted by molar-refractivity contribution is 0.630. The summed E-state index contributed by atoms with van der Waals surface area (Å²) in [4.78, 5) is 22.6. The molecule has 0 amide bonds. The molecule has 3 rings (SSSR count). The summed E-state index contributed by atoms with van der Waals surface area (Å²) in [6, 6.07) is 7.49. The molecule has 0 aliphatic carbocycles. The predicted octanol–water partition coefficient (Wildman–Crippen LogP) is 3.29. The molecule has 0 saturated heterocycles. The highest BCUT2D eigenvalue weighted by molar-refractivity contribution is 7.51. The van der Waals surface area contributed by atoms with Gasteiger partial charge in [-0.1, -0.05) is 17.7 Å². The maximum atomic E-state index is 11.3. The first-order valence-corrected chi connectivity index (χ1v) is 9.38. The molecule has 2 aromatic heterocycles. The summed E-state index contributed by atoms with van der Waals surface area (Å²) in [5.74, 6) is 0.844. The van der Waals surface area contributed by atoms with Gasteiger partial charge in [-0.05, 0) is 37.1 Å². The number of rotatable bonds is 5. The Morgan fingerprint density at radius 2 is 1.79 bits per heavy atom. The topological polar surface area (TPSA) is 129 Å². The van der Waals surface area contributed by atoms with Crippen LogP contribution in [0, 0.1) is 13.8 Å². The van der Waals surface area contributed by atoms with Crippen molar-refractivity contribution in [2.75, 3.05) is 23.0 Å². The van der Waals surface area contributed by atoms with Crippen LogP contribution < -0.4 is 21.5 Å². The first-order chi connectivity index (χ1) is 13.9. The Bertz CT molecular complexity index is 1100. The van der Waals surface area contributed by atoms with Gasteiger partial charge in [0.25, 0.3) is 0 Å². The lowest BCUT2D eigenvalue weighted by atomic mass is 10.2. The van der Waals surface area contributed by atoms with E-state index in [9.17, 15) is 4.79 Å². The third kappa shape index (κ3) is 6.13. The largest absolute Gasteiger partial charge is 0.386 e. The van der Waals surface area contributed by atoms with Crippen LogP contribution in [0.4, 0.5) is 28.8 Å². The van der Waals surface area contributed by atoms with E-state index < -0.39 is 11.6 Å². The van der Waals surface area contributed by atoms with E-state index in [1.54, 1.807) is 6.20 Å². The molecule has 0 fully saturated rings. The van der Waals surface area contributed by atoms with Crippen LogP contribution in [0.15, 0.2) is 41.5 Å². The minimum Gasteiger partial charge on any atom is -0.386 e. The summed E-state index contributed by atoms with van der Waals surface area (Å²) in [5.41, 5.74) is 4.27. The number of aromatic amines is 1. The number of pyridine rings is 1. The lowest BCUT2D eigenvalue weighted by Crippen LogP contribution is -2.08. The molecule has 0 radical (unpaired) electrons. The molecule has 0 spiro atoms. The molecule has 1 aromatic carbocycles. The van der Waals surface area contributed by atoms with E-state index in [0.717, 1.165) is 22.5 Å². The molecule has 0 aliphatic heterocycles. The zero-order valence-corrected chi connectivity index (χ0v) is 17.4. The van der Waals surface area contributed by atoms with Gasteiger partial charge in [-0.25, -0.2) is 4.98 Å². The van der Waals surface area contributed by atoms with Crippen LogP contribution in [0.3, 0.4) is 0 Å². The first kappa shape index (κ1) is 22.1. The number of hydrogen-bond donors (Lipinski definition) is 4. The van der Waals surface area contributed by atoms with Crippen LogP contribution in [-0.4, -0.2) is 30.4 Å². The fraction of sp³-hybridized carbons (Fsp3) is 0.167. The van der Waals surface area contributed by atoms with Gasteiger partial charge in [-0.15, -0.1) is 0 Å². The van der Waals surface area contributed by atoms with Gasteiger partial charge in [0.05, 0.1) is 23.3 Å². The zero-order valence-electron chi connectivity index (χ0n) is 15.9. The zero-order chi connectivity index (χ0) is 21.4. The fourth-order valence-corrected chi connectivity index (χ4v) is 2.58. The van der Waals surface area contributed by atoms with E-state index in [0.29, 0.717) is 22.5 Å². The number of nitrogens with zero attached hydrogens (tertiary/aromatic N) is 2. The fourth-order valence-electron chi connectivity index (χ4n) is 2.44. The number of anilines is 5. The molecule has 29 heavy (non-hydrogen) atoms. The molecule has 0 saturated carbocycles. The van der Waals surface area contributed by atoms with Gasteiger partial charge >= 0.3 is 11.6 Å². The van der Waals surface area contributed by atoms with E-state index in [4.69, 9.17) is 20.0 Å². The molecule has 2 heterocycles. The van der Waals surface area contributed by atoms with E-state index in [1.165, 1.54) is 12.3 Å². The number of halogens is 1. The van der Waals surface area contributed by atoms with Crippen molar-refractivity contribution in [1.82, 2.24) is 15.0 Å². The number of aromatic nitrogens is 3. The average molecular weight is 435 g/mol. The Balaban J connectivity index is 0.000000941. The van der Waals surface area contributed by atoms with Crippen LogP contribution in [0.25, 0.3) is 0 Å². The maximum absolute atomic E-state index is 11.3. The lowest BCUT2D eigenvalue weighted by Gasteiger charge is -2.14. The van der Waals surface area contributed by atoms with Gasteiger partial charge in [-0.2, -0.15) is 13.4 Å². The second-order valence-electron chi connectivity index (χ2n) is 5.90. The third-order valence-corrected chi connectivity index (χ3v) is 4.10. The second kappa shape index (κ2) is 10.3. The number of hydrogen-bond acceptors (Lipinski definition) is 8. The van der Waals surface area contributed by atoms with Gasteiger partial charge in [-0.3, -0.25) is 4.79 Å². The Morgan fingerprint density at radius 3 is 2.45 bits per heavy atom. The van der Waals surface area contributed by atoms with Crippen LogP contribution in [0.1, 0.15) is 11.1 Å². The van der Waals surface area contributed by atoms with Crippen LogP contribution in [-0.2, 0) is 11.6 Å². The predicted molar refractivity (Wildman–Crippen MR) is 115 cm³/mol. The normalized spacial score (nSPS) is 9.79. The van der Waals surface area contributed by atoms with Crippen molar-refractivity contribution in [2.45, 2.75) is 13.8 Å². The molecule has 0 atom stereocenters. The van der Waals surface area contributed by atoms with Gasteiger partial charge in [0.2, 0.25) is 11.5 Å². The van der Waals surface area contributed by atoms with E-state index in [1.807, 2.05) is 39.1 Å². The Hall–Kier alpha value is -3.24. The maximum Gasteiger partial charge on any atom is 0.335 e. The van der Waals surface area contributed by atoms with Gasteiger partial charge in [0.15, 0.2) is 5.82 Å². The Kier molecular flexibility index (Phi) is 7.87. The van der Waals surface area contributed by atoms with Crippen LogP contribution in [0.2, 0.25) is 5.02 Å². The molecule has 0 bridgehead atoms. The molecular formula is C18H19ClN6O3S. The minimum absolute atomic E-state index is 0.161. The number of H-pyrrole nitrogens is 1. The first-order valence-electron chi connectivity index (χ1n) is 8.34. The average Bonchev–Trinajstić information content (AvgIpc) is 2.68. The van der Waals surface area contributed by atoms with Crippen molar-refractivity contribution in [1.29, 1.82) is 0 Å². The van der Waals surface area contributed by atoms with E-state index in [2.05, 4.69) is 30.9 Å². The smallest absolute Gasteiger partial charge is 0.335 e. The highest BCUT2D eigenvalue weighted by Crippen LogP contribution is 2.29. The van der Waals surface area contributed by atoms with Crippen molar-refractivity contribution in [3.05, 3.63) is 63.2 Å². The molecular weight excluding hydrogens is 416 g/mol. The highest BCUT2D eigenvalue weighted by Gasteiger charge is 2.10. The van der Waals surface area contributed by atoms with Crippen molar-refractivity contribution in [3.8, 4) is 0 Å². The monoisotopic (exact) mass is 434 g/mol. The molecule has 9 nitrogen and oxygen atoms in total. The summed E-state index contributed by atoms with van der Waals surface area (Å²) < 4.78 is 16.6. The summed E-state index contributed by atoms with van der Waals surface area (Å²) in [6.07, 6.45) is 3.11. The minimum atomic E-state index is -0.750. The second-order valence-corrected chi connectivity index (χ2v) is 6.44. The molecule has 152 valence electrons. The molecule has 11 heteroatoms. The highest BCUT2D eigenvalue weighted by atomic mass is 35.5. The Morgan fingerprint density at radius 1 is 1.07 bits per heavy atom. The van der Waals surface area contributed by atoms with E-state index >= 15 is 0 Å². The number of benzene rings is 1. The standard InChI is InChI=1S/C18H19ClN6O.O2S/c1-10-4-5-13(14(6-10)20-3)23-17-12(19)8-22-18(25-17)24-15-9-21-16(26)7-11(15)2;1-3-2/h4-9,20H,1-3H3,(H,21,26)(H2,22,23,24,25);. The van der Waals surface area contributed by atoms with Crippen molar-refractivity contribution in [2.24, 2.45) is 0 Å². The van der Waals surface area contributed by atoms with Gasteiger partial charge < -0.3 is 20.9 Å². The van der Waals surface area contributed by atoms with Crippen molar-refractivity contribution >= 4 is 52.0 Å². The molecule has 4 N–H and O–H groups in total. The summed E-state index contributed by atoms with van der Waals surface area (Å²) in [5, 5.41) is 9.85. The van der Waals surface area contributed by atoms with Crippen LogP contribution >= 0.6 is 11.6 Å².